The SMILES string of the molecule is CCCCn1c(=O)[nH]c(=O)c2c1nc(COC(=O)C(CC)Oc1ccccc1)n2CCC. The molecule has 0 spiro atoms. The van der Waals surface area contributed by atoms with E-state index in [1.165, 1.54) is 4.57 Å². The quantitative estimate of drug-likeness (QED) is 0.457. The second-order valence-corrected chi connectivity index (χ2v) is 7.55. The summed E-state index contributed by atoms with van der Waals surface area (Å²) < 4.78 is 14.5. The number of benzene rings is 1. The van der Waals surface area contributed by atoms with E-state index in [1.54, 1.807) is 16.7 Å². The van der Waals surface area contributed by atoms with Crippen molar-refractivity contribution in [3.63, 3.8) is 0 Å². The van der Waals surface area contributed by atoms with Gasteiger partial charge in [0.1, 0.15) is 18.2 Å². The molecule has 172 valence electrons. The average molecular weight is 443 g/mol. The highest BCUT2D eigenvalue weighted by Gasteiger charge is 2.23. The van der Waals surface area contributed by atoms with Crippen molar-refractivity contribution in [2.45, 2.75) is 72.3 Å². The molecule has 0 aliphatic carbocycles. The van der Waals surface area contributed by atoms with Gasteiger partial charge >= 0.3 is 11.7 Å². The molecule has 0 aliphatic rings. The Hall–Kier alpha value is -3.36. The summed E-state index contributed by atoms with van der Waals surface area (Å²) in [5.74, 6) is 0.496. The molecule has 32 heavy (non-hydrogen) atoms. The number of rotatable bonds is 11. The summed E-state index contributed by atoms with van der Waals surface area (Å²) in [4.78, 5) is 44.5. The minimum atomic E-state index is -0.757. The minimum Gasteiger partial charge on any atom is -0.479 e. The number of ether oxygens (including phenoxy) is 2. The summed E-state index contributed by atoms with van der Waals surface area (Å²) in [5.41, 5.74) is -0.335. The van der Waals surface area contributed by atoms with Gasteiger partial charge in [-0.05, 0) is 31.4 Å². The van der Waals surface area contributed by atoms with Crippen molar-refractivity contribution in [2.75, 3.05) is 0 Å². The van der Waals surface area contributed by atoms with Crippen LogP contribution in [0.25, 0.3) is 11.2 Å². The van der Waals surface area contributed by atoms with Crippen LogP contribution in [0.5, 0.6) is 5.75 Å². The lowest BCUT2D eigenvalue weighted by Crippen LogP contribution is -2.31. The van der Waals surface area contributed by atoms with Gasteiger partial charge in [-0.15, -0.1) is 0 Å². The van der Waals surface area contributed by atoms with E-state index >= 15 is 0 Å². The Labute approximate surface area is 186 Å². The summed E-state index contributed by atoms with van der Waals surface area (Å²) in [7, 11) is 0. The van der Waals surface area contributed by atoms with E-state index < -0.39 is 23.3 Å². The molecule has 0 aliphatic heterocycles. The Balaban J connectivity index is 1.88. The van der Waals surface area contributed by atoms with Crippen LogP contribution in [0.15, 0.2) is 39.9 Å². The van der Waals surface area contributed by atoms with Crippen molar-refractivity contribution in [3.8, 4) is 5.75 Å². The van der Waals surface area contributed by atoms with E-state index in [2.05, 4.69) is 9.97 Å². The molecule has 3 aromatic rings. The third-order valence-corrected chi connectivity index (χ3v) is 5.15. The number of carbonyl (C=O) groups is 1. The van der Waals surface area contributed by atoms with Gasteiger partial charge in [-0.25, -0.2) is 14.6 Å². The van der Waals surface area contributed by atoms with Gasteiger partial charge in [0.15, 0.2) is 17.3 Å². The Morgan fingerprint density at radius 1 is 1.06 bits per heavy atom. The third-order valence-electron chi connectivity index (χ3n) is 5.15. The van der Waals surface area contributed by atoms with Crippen molar-refractivity contribution in [2.24, 2.45) is 0 Å². The standard InChI is InChI=1S/C23H30N4O5/c1-4-7-14-27-20-19(21(28)25-23(27)30)26(13-5-2)18(24-20)15-31-22(29)17(6-3)32-16-11-9-8-10-12-16/h8-12,17H,4-7,13-15H2,1-3H3,(H,25,28,30). The Bertz CT molecular complexity index is 1160. The van der Waals surface area contributed by atoms with E-state index in [4.69, 9.17) is 9.47 Å². The molecule has 0 fully saturated rings. The number of fused-ring (bicyclic) bond motifs is 1. The number of hydrogen-bond donors (Lipinski definition) is 1. The van der Waals surface area contributed by atoms with E-state index in [0.717, 1.165) is 19.3 Å². The Morgan fingerprint density at radius 2 is 1.81 bits per heavy atom. The van der Waals surface area contributed by atoms with Gasteiger partial charge in [-0.2, -0.15) is 0 Å². The molecule has 0 saturated heterocycles. The highest BCUT2D eigenvalue weighted by atomic mass is 16.6. The first-order chi connectivity index (χ1) is 15.5. The number of unbranched alkanes of at least 4 members (excludes halogenated alkanes) is 1. The van der Waals surface area contributed by atoms with Gasteiger partial charge in [0.05, 0.1) is 0 Å². The molecule has 1 N–H and O–H groups in total. The first-order valence-corrected chi connectivity index (χ1v) is 11.1. The van der Waals surface area contributed by atoms with Crippen LogP contribution in [0, 0.1) is 0 Å². The maximum absolute atomic E-state index is 12.7. The molecule has 0 radical (unpaired) electrons. The Morgan fingerprint density at radius 3 is 2.47 bits per heavy atom. The van der Waals surface area contributed by atoms with E-state index in [-0.39, 0.29) is 6.61 Å². The molecule has 9 heteroatoms. The van der Waals surface area contributed by atoms with E-state index in [9.17, 15) is 14.4 Å². The van der Waals surface area contributed by atoms with Crippen LogP contribution < -0.4 is 16.0 Å². The smallest absolute Gasteiger partial charge is 0.347 e. The monoisotopic (exact) mass is 442 g/mol. The van der Waals surface area contributed by atoms with Gasteiger partial charge < -0.3 is 14.0 Å². The van der Waals surface area contributed by atoms with Crippen LogP contribution in [0.4, 0.5) is 0 Å². The second kappa shape index (κ2) is 10.8. The number of nitrogens with zero attached hydrogens (tertiary/aromatic N) is 3. The van der Waals surface area contributed by atoms with Gasteiger partial charge in [0.25, 0.3) is 5.56 Å². The van der Waals surface area contributed by atoms with Crippen LogP contribution in [0.3, 0.4) is 0 Å². The topological polar surface area (TPSA) is 108 Å². The summed E-state index contributed by atoms with van der Waals surface area (Å²) in [6.45, 7) is 6.68. The number of esters is 1. The fourth-order valence-corrected chi connectivity index (χ4v) is 3.51. The lowest BCUT2D eigenvalue weighted by molar-refractivity contribution is -0.153. The molecule has 2 heterocycles. The van der Waals surface area contributed by atoms with E-state index in [0.29, 0.717) is 42.2 Å². The molecular weight excluding hydrogens is 412 g/mol. The van der Waals surface area contributed by atoms with Crippen molar-refractivity contribution in [3.05, 3.63) is 57.0 Å². The average Bonchev–Trinajstić information content (AvgIpc) is 3.15. The third kappa shape index (κ3) is 5.09. The van der Waals surface area contributed by atoms with Gasteiger partial charge in [-0.3, -0.25) is 14.3 Å². The van der Waals surface area contributed by atoms with E-state index in [1.807, 2.05) is 39.0 Å². The molecule has 1 aromatic carbocycles. The van der Waals surface area contributed by atoms with Crippen molar-refractivity contribution >= 4 is 17.1 Å². The molecule has 3 rings (SSSR count). The summed E-state index contributed by atoms with van der Waals surface area (Å²) >= 11 is 0. The minimum absolute atomic E-state index is 0.121. The molecule has 0 amide bonds. The van der Waals surface area contributed by atoms with Crippen LogP contribution in [-0.4, -0.2) is 31.2 Å². The number of aryl methyl sites for hydroxylation is 2. The number of imidazole rings is 1. The lowest BCUT2D eigenvalue weighted by atomic mass is 10.2. The van der Waals surface area contributed by atoms with Crippen molar-refractivity contribution < 1.29 is 14.3 Å². The van der Waals surface area contributed by atoms with Crippen LogP contribution in [0.2, 0.25) is 0 Å². The number of para-hydroxylation sites is 1. The number of hydrogen-bond acceptors (Lipinski definition) is 6. The number of carbonyl (C=O) groups excluding carboxylic acids is 1. The molecule has 1 atom stereocenters. The maximum atomic E-state index is 12.7. The zero-order chi connectivity index (χ0) is 23.1. The number of aromatic amines is 1. The molecule has 0 saturated carbocycles. The van der Waals surface area contributed by atoms with Gasteiger partial charge in [0.2, 0.25) is 0 Å². The summed E-state index contributed by atoms with van der Waals surface area (Å²) in [6.07, 6.45) is 2.10. The number of H-pyrrole nitrogens is 1. The normalized spacial score (nSPS) is 12.1. The summed E-state index contributed by atoms with van der Waals surface area (Å²) in [6, 6.07) is 9.08. The number of nitrogens with one attached hydrogen (secondary N) is 1. The first kappa shape index (κ1) is 23.3. The fraction of sp³-hybridized carbons (Fsp3) is 0.478. The molecule has 9 nitrogen and oxygen atoms in total. The first-order valence-electron chi connectivity index (χ1n) is 11.1. The highest BCUT2D eigenvalue weighted by molar-refractivity contribution is 5.75. The van der Waals surface area contributed by atoms with Crippen LogP contribution >= 0.6 is 0 Å². The van der Waals surface area contributed by atoms with Crippen LogP contribution in [-0.2, 0) is 29.2 Å². The Kier molecular flexibility index (Phi) is 7.86. The molecule has 1 unspecified atom stereocenters. The van der Waals surface area contributed by atoms with Gasteiger partial charge in [0, 0.05) is 13.1 Å². The lowest BCUT2D eigenvalue weighted by Gasteiger charge is -2.16. The highest BCUT2D eigenvalue weighted by Crippen LogP contribution is 2.16. The number of aromatic nitrogens is 4. The van der Waals surface area contributed by atoms with Gasteiger partial charge in [-0.1, -0.05) is 45.4 Å². The molecule has 0 bridgehead atoms. The fourth-order valence-electron chi connectivity index (χ4n) is 3.51. The van der Waals surface area contributed by atoms with Crippen molar-refractivity contribution in [1.82, 2.24) is 19.1 Å². The predicted octanol–water partition coefficient (Wildman–Crippen LogP) is 3.00. The zero-order valence-corrected chi connectivity index (χ0v) is 18.8. The molecular formula is C23H30N4O5. The van der Waals surface area contributed by atoms with Crippen LogP contribution in [0.1, 0.15) is 52.3 Å². The predicted molar refractivity (Wildman–Crippen MR) is 121 cm³/mol. The maximum Gasteiger partial charge on any atom is 0.347 e. The zero-order valence-electron chi connectivity index (χ0n) is 18.8. The summed E-state index contributed by atoms with van der Waals surface area (Å²) in [5, 5.41) is 0. The molecule has 2 aromatic heterocycles. The second-order valence-electron chi connectivity index (χ2n) is 7.55. The largest absolute Gasteiger partial charge is 0.479 e. The van der Waals surface area contributed by atoms with Crippen molar-refractivity contribution in [1.29, 1.82) is 0 Å².